The Hall–Kier alpha value is -4.04. The van der Waals surface area contributed by atoms with Crippen molar-refractivity contribution in [2.75, 3.05) is 11.9 Å². The zero-order chi connectivity index (χ0) is 23.7. The summed E-state index contributed by atoms with van der Waals surface area (Å²) in [6.07, 6.45) is 5.42. The second kappa shape index (κ2) is 9.07. The Balaban J connectivity index is 1.55. The number of rotatable bonds is 6. The first kappa shape index (κ1) is 21.8. The molecule has 0 aromatic heterocycles. The first-order chi connectivity index (χ1) is 16.5. The number of aromatic nitrogens is 3. The van der Waals surface area contributed by atoms with E-state index in [2.05, 4.69) is 10.4 Å². The number of pyridine rings is 1. The molecule has 3 heterocycles. The van der Waals surface area contributed by atoms with E-state index < -0.39 is 0 Å². The third-order valence-electron chi connectivity index (χ3n) is 5.96. The van der Waals surface area contributed by atoms with Gasteiger partial charge in [-0.25, -0.2) is 0 Å². The maximum absolute atomic E-state index is 13.3. The molecule has 2 aromatic carbocycles. The van der Waals surface area contributed by atoms with Gasteiger partial charge in [-0.2, -0.15) is 9.78 Å². The predicted molar refractivity (Wildman–Crippen MR) is 128 cm³/mol. The number of nitrogens with one attached hydrogen (secondary N) is 1. The quantitative estimate of drug-likeness (QED) is 0.446. The molecule has 2 aromatic rings. The predicted octanol–water partition coefficient (Wildman–Crippen LogP) is 3.77. The first-order valence-corrected chi connectivity index (χ1v) is 11.2. The zero-order valence-corrected chi connectivity index (χ0v) is 18.7. The van der Waals surface area contributed by atoms with Gasteiger partial charge in [0.15, 0.2) is 5.78 Å². The highest BCUT2D eigenvalue weighted by atomic mass is 16.5. The van der Waals surface area contributed by atoms with E-state index in [0.717, 1.165) is 19.4 Å². The molecule has 1 fully saturated rings. The molecule has 0 spiro atoms. The van der Waals surface area contributed by atoms with Gasteiger partial charge in [-0.3, -0.25) is 14.4 Å². The number of para-hydroxylation sites is 1. The van der Waals surface area contributed by atoms with Crippen LogP contribution >= 0.6 is 0 Å². The van der Waals surface area contributed by atoms with Gasteiger partial charge in [0.1, 0.15) is 5.69 Å². The fourth-order valence-electron chi connectivity index (χ4n) is 4.19. The van der Waals surface area contributed by atoms with Crippen LogP contribution in [0.3, 0.4) is 0 Å². The molecule has 1 atom stereocenters. The van der Waals surface area contributed by atoms with Crippen LogP contribution in [0, 0.1) is 0 Å². The molecule has 8 nitrogen and oxygen atoms in total. The normalized spacial score (nSPS) is 15.5. The summed E-state index contributed by atoms with van der Waals surface area (Å²) in [6.45, 7) is 2.75. The Kier molecular flexibility index (Phi) is 5.81. The van der Waals surface area contributed by atoms with E-state index in [4.69, 9.17) is 4.74 Å². The number of benzene rings is 2. The number of hydrogen-bond donors (Lipinski definition) is 1. The van der Waals surface area contributed by atoms with E-state index in [0.29, 0.717) is 34.7 Å². The number of amides is 1. The molecule has 8 heteroatoms. The highest BCUT2D eigenvalue weighted by molar-refractivity contribution is 6.08. The topological polar surface area (TPSA) is 95.2 Å². The number of ether oxygens (including phenoxy) is 1. The van der Waals surface area contributed by atoms with Crippen molar-refractivity contribution in [3.63, 3.8) is 0 Å². The van der Waals surface area contributed by atoms with Gasteiger partial charge in [-0.15, -0.1) is 0 Å². The lowest BCUT2D eigenvalue weighted by molar-refractivity contribution is 0.0961. The zero-order valence-electron chi connectivity index (χ0n) is 18.7. The minimum absolute atomic E-state index is 0.0387. The summed E-state index contributed by atoms with van der Waals surface area (Å²) in [7, 11) is 0. The number of ketones is 1. The minimum Gasteiger partial charge on any atom is -0.376 e. The van der Waals surface area contributed by atoms with Crippen LogP contribution in [0.4, 0.5) is 5.69 Å². The molecule has 1 saturated heterocycles. The maximum Gasteiger partial charge on any atom is 0.282 e. The number of anilines is 1. The molecular formula is C26H24N4O4. The second-order valence-electron chi connectivity index (χ2n) is 8.41. The molecule has 5 rings (SSSR count). The first-order valence-electron chi connectivity index (χ1n) is 11.2. The van der Waals surface area contributed by atoms with Crippen molar-refractivity contribution in [1.82, 2.24) is 14.3 Å². The monoisotopic (exact) mass is 456 g/mol. The fourth-order valence-corrected chi connectivity index (χ4v) is 4.19. The molecule has 0 saturated carbocycles. The molecular weight excluding hydrogens is 432 g/mol. The van der Waals surface area contributed by atoms with Gasteiger partial charge in [0.25, 0.3) is 11.5 Å². The van der Waals surface area contributed by atoms with Gasteiger partial charge in [-0.05, 0) is 56.2 Å². The summed E-state index contributed by atoms with van der Waals surface area (Å²) >= 11 is 0. The van der Waals surface area contributed by atoms with Gasteiger partial charge >= 0.3 is 0 Å². The van der Waals surface area contributed by atoms with E-state index in [9.17, 15) is 14.4 Å². The number of hydrogen-bond acceptors (Lipinski definition) is 5. The van der Waals surface area contributed by atoms with Gasteiger partial charge in [-0.1, -0.05) is 18.2 Å². The molecule has 34 heavy (non-hydrogen) atoms. The van der Waals surface area contributed by atoms with E-state index in [-0.39, 0.29) is 28.9 Å². The van der Waals surface area contributed by atoms with Crippen LogP contribution in [0.25, 0.3) is 16.9 Å². The number of fused-ring (bicyclic) bond motifs is 1. The van der Waals surface area contributed by atoms with Crippen LogP contribution in [0.2, 0.25) is 0 Å². The van der Waals surface area contributed by atoms with Gasteiger partial charge in [0.05, 0.1) is 22.9 Å². The molecule has 0 bridgehead atoms. The molecule has 3 aliphatic rings. The average Bonchev–Trinajstić information content (AvgIpc) is 3.47. The average molecular weight is 457 g/mol. The summed E-state index contributed by atoms with van der Waals surface area (Å²) in [4.78, 5) is 38.1. The van der Waals surface area contributed by atoms with Crippen LogP contribution in [0.5, 0.6) is 0 Å². The van der Waals surface area contributed by atoms with Crippen molar-refractivity contribution >= 4 is 17.4 Å². The standard InChI is InChI=1S/C26H24N4O4/c1-17(31)18-9-11-19(12-10-18)27-25(32)22-15-29(14-21-8-5-13-34-21)16-23-24(22)28-30(26(23)33)20-6-3-2-4-7-20/h2-4,6-7,9-12,15-16,21H,5,8,13-14H2,1H3,(H,27,32)/t21-/m1/s1. The van der Waals surface area contributed by atoms with Crippen LogP contribution in [0.1, 0.15) is 40.5 Å². The van der Waals surface area contributed by atoms with Crippen LogP contribution in [-0.2, 0) is 11.3 Å². The number of Topliss-reactive ketones (excluding diaryl/α,β-unsaturated/α-hetero) is 1. The SMILES string of the molecule is CC(=O)c1ccc(NC(=O)c2cn(C[C@H]3CCCO3)cc3c(=O)n(-c4ccccc4)nc2-3)cc1. The van der Waals surface area contributed by atoms with Crippen molar-refractivity contribution in [2.24, 2.45) is 0 Å². The number of carbonyl (C=O) groups is 2. The lowest BCUT2D eigenvalue weighted by Gasteiger charge is -2.16. The second-order valence-corrected chi connectivity index (χ2v) is 8.41. The third-order valence-corrected chi connectivity index (χ3v) is 5.96. The summed E-state index contributed by atoms with van der Waals surface area (Å²) in [5.74, 6) is -0.438. The lowest BCUT2D eigenvalue weighted by Crippen LogP contribution is -2.20. The maximum atomic E-state index is 13.3. The molecule has 172 valence electrons. The van der Waals surface area contributed by atoms with E-state index in [1.165, 1.54) is 11.6 Å². The van der Waals surface area contributed by atoms with Crippen molar-refractivity contribution in [1.29, 1.82) is 0 Å². The lowest BCUT2D eigenvalue weighted by atomic mass is 10.1. The third kappa shape index (κ3) is 4.27. The Labute approximate surface area is 196 Å². The molecule has 0 unspecified atom stereocenters. The molecule has 1 amide bonds. The number of nitrogens with zero attached hydrogens (tertiary/aromatic N) is 3. The van der Waals surface area contributed by atoms with Gasteiger partial charge in [0, 0.05) is 36.8 Å². The van der Waals surface area contributed by atoms with Crippen molar-refractivity contribution in [3.8, 4) is 16.9 Å². The van der Waals surface area contributed by atoms with Crippen LogP contribution < -0.4 is 10.9 Å². The highest BCUT2D eigenvalue weighted by Crippen LogP contribution is 2.25. The Morgan fingerprint density at radius 2 is 1.85 bits per heavy atom. The number of carbonyl (C=O) groups excluding carboxylic acids is 2. The molecule has 0 aliphatic carbocycles. The fraction of sp³-hybridized carbons (Fsp3) is 0.231. The van der Waals surface area contributed by atoms with Crippen LogP contribution in [0.15, 0.2) is 71.8 Å². The summed E-state index contributed by atoms with van der Waals surface area (Å²) < 4.78 is 8.91. The molecule has 3 aliphatic heterocycles. The Morgan fingerprint density at radius 1 is 1.09 bits per heavy atom. The van der Waals surface area contributed by atoms with Gasteiger partial charge < -0.3 is 14.6 Å². The summed E-state index contributed by atoms with van der Waals surface area (Å²) in [5, 5.41) is 7.37. The largest absolute Gasteiger partial charge is 0.376 e. The Bertz CT molecular complexity index is 1370. The highest BCUT2D eigenvalue weighted by Gasteiger charge is 2.26. The minimum atomic E-state index is -0.389. The van der Waals surface area contributed by atoms with Gasteiger partial charge in [0.2, 0.25) is 0 Å². The van der Waals surface area contributed by atoms with Crippen molar-refractivity contribution in [3.05, 3.63) is 88.5 Å². The van der Waals surface area contributed by atoms with Crippen LogP contribution in [-0.4, -0.2) is 38.7 Å². The smallest absolute Gasteiger partial charge is 0.282 e. The molecule has 0 radical (unpaired) electrons. The Morgan fingerprint density at radius 3 is 2.53 bits per heavy atom. The van der Waals surface area contributed by atoms with E-state index in [1.54, 1.807) is 48.8 Å². The van der Waals surface area contributed by atoms with E-state index >= 15 is 0 Å². The summed E-state index contributed by atoms with van der Waals surface area (Å²) in [5.41, 5.74) is 2.42. The van der Waals surface area contributed by atoms with Crippen molar-refractivity contribution < 1.29 is 14.3 Å². The van der Waals surface area contributed by atoms with E-state index in [1.807, 2.05) is 22.8 Å². The van der Waals surface area contributed by atoms with Crippen molar-refractivity contribution in [2.45, 2.75) is 32.4 Å². The summed E-state index contributed by atoms with van der Waals surface area (Å²) in [6, 6.07) is 15.8. The molecule has 1 N–H and O–H groups in total.